The molecular weight excluding hydrogens is 359 g/mol. The van der Waals surface area contributed by atoms with Gasteiger partial charge < -0.3 is 4.74 Å². The maximum absolute atomic E-state index is 13.5. The van der Waals surface area contributed by atoms with E-state index in [1.807, 2.05) is 6.08 Å². The zero-order valence-corrected chi connectivity index (χ0v) is 14.2. The summed E-state index contributed by atoms with van der Waals surface area (Å²) in [6.07, 6.45) is 4.66. The van der Waals surface area contributed by atoms with Crippen molar-refractivity contribution in [3.8, 4) is 5.75 Å². The van der Waals surface area contributed by atoms with Gasteiger partial charge in [0.05, 0.1) is 5.56 Å². The molecule has 7 heteroatoms. The normalized spacial score (nSPS) is 12.8. The van der Waals surface area contributed by atoms with Crippen molar-refractivity contribution in [1.82, 2.24) is 10.9 Å². The van der Waals surface area contributed by atoms with Gasteiger partial charge in [0.25, 0.3) is 11.8 Å². The van der Waals surface area contributed by atoms with Gasteiger partial charge in [0.2, 0.25) is 0 Å². The van der Waals surface area contributed by atoms with Crippen molar-refractivity contribution in [2.24, 2.45) is 0 Å². The molecule has 1 aliphatic heterocycles. The van der Waals surface area contributed by atoms with Crippen LogP contribution in [-0.2, 0) is 4.79 Å². The molecule has 0 bridgehead atoms. The number of amides is 2. The molecule has 26 heavy (non-hydrogen) atoms. The molecule has 0 saturated carbocycles. The van der Waals surface area contributed by atoms with Crippen LogP contribution in [0.2, 0.25) is 5.02 Å². The fourth-order valence-electron chi connectivity index (χ4n) is 2.32. The summed E-state index contributed by atoms with van der Waals surface area (Å²) in [7, 11) is 0. The zero-order chi connectivity index (χ0) is 18.5. The van der Waals surface area contributed by atoms with Crippen molar-refractivity contribution in [2.75, 3.05) is 6.61 Å². The van der Waals surface area contributed by atoms with Crippen LogP contribution in [0.25, 0.3) is 6.08 Å². The van der Waals surface area contributed by atoms with Gasteiger partial charge in [0, 0.05) is 16.7 Å². The van der Waals surface area contributed by atoms with Gasteiger partial charge in [-0.1, -0.05) is 29.8 Å². The molecule has 0 saturated heterocycles. The predicted molar refractivity (Wildman–Crippen MR) is 96.1 cm³/mol. The van der Waals surface area contributed by atoms with Gasteiger partial charge in [-0.25, -0.2) is 4.39 Å². The van der Waals surface area contributed by atoms with E-state index in [0.717, 1.165) is 17.2 Å². The molecule has 0 radical (unpaired) electrons. The number of fused-ring (bicyclic) bond motifs is 1. The highest BCUT2D eigenvalue weighted by molar-refractivity contribution is 6.30. The maximum Gasteiger partial charge on any atom is 0.272 e. The molecule has 0 aliphatic carbocycles. The molecule has 0 aromatic heterocycles. The molecule has 5 nitrogen and oxygen atoms in total. The van der Waals surface area contributed by atoms with Crippen LogP contribution in [-0.4, -0.2) is 18.4 Å². The summed E-state index contributed by atoms with van der Waals surface area (Å²) < 4.78 is 19.1. The van der Waals surface area contributed by atoms with Crippen molar-refractivity contribution < 1.29 is 18.7 Å². The average molecular weight is 373 g/mol. The number of carbonyl (C=O) groups excluding carboxylic acids is 2. The number of hydrogen-bond acceptors (Lipinski definition) is 3. The minimum atomic E-state index is -0.742. The summed E-state index contributed by atoms with van der Waals surface area (Å²) in [4.78, 5) is 23.6. The Morgan fingerprint density at radius 3 is 2.77 bits per heavy atom. The first kappa shape index (κ1) is 17.7. The van der Waals surface area contributed by atoms with Crippen molar-refractivity contribution in [3.05, 3.63) is 82.2 Å². The fourth-order valence-corrected chi connectivity index (χ4v) is 2.50. The molecule has 0 spiro atoms. The lowest BCUT2D eigenvalue weighted by Gasteiger charge is -2.16. The van der Waals surface area contributed by atoms with Crippen LogP contribution < -0.4 is 15.6 Å². The lowest BCUT2D eigenvalue weighted by atomic mass is 10.1. The van der Waals surface area contributed by atoms with E-state index in [0.29, 0.717) is 17.4 Å². The fraction of sp³-hybridized carbons (Fsp3) is 0.0526. The highest BCUT2D eigenvalue weighted by Crippen LogP contribution is 2.29. The Bertz CT molecular complexity index is 925. The second kappa shape index (κ2) is 7.84. The van der Waals surface area contributed by atoms with E-state index in [9.17, 15) is 14.0 Å². The van der Waals surface area contributed by atoms with Gasteiger partial charge in [-0.2, -0.15) is 0 Å². The van der Waals surface area contributed by atoms with Crippen LogP contribution in [0.15, 0.2) is 60.2 Å². The Morgan fingerprint density at radius 2 is 1.96 bits per heavy atom. The topological polar surface area (TPSA) is 67.4 Å². The third kappa shape index (κ3) is 4.29. The van der Waals surface area contributed by atoms with E-state index < -0.39 is 17.6 Å². The Balaban J connectivity index is 1.58. The number of nitrogens with one attached hydrogen (secondary N) is 2. The first-order chi connectivity index (χ1) is 12.5. The number of hydrazine groups is 1. The van der Waals surface area contributed by atoms with Crippen molar-refractivity contribution in [3.63, 3.8) is 0 Å². The third-order valence-electron chi connectivity index (χ3n) is 3.57. The Morgan fingerprint density at radius 1 is 1.15 bits per heavy atom. The van der Waals surface area contributed by atoms with Crippen LogP contribution >= 0.6 is 11.6 Å². The lowest BCUT2D eigenvalue weighted by Crippen LogP contribution is -2.41. The van der Waals surface area contributed by atoms with Crippen molar-refractivity contribution >= 4 is 29.5 Å². The van der Waals surface area contributed by atoms with Crippen LogP contribution in [0.3, 0.4) is 0 Å². The summed E-state index contributed by atoms with van der Waals surface area (Å²) >= 11 is 5.95. The number of ether oxygens (including phenoxy) is 1. The van der Waals surface area contributed by atoms with Gasteiger partial charge in [-0.3, -0.25) is 20.4 Å². The summed E-state index contributed by atoms with van der Waals surface area (Å²) in [6.45, 7) is 0.306. The lowest BCUT2D eigenvalue weighted by molar-refractivity contribution is -0.117. The molecule has 0 atom stereocenters. The highest BCUT2D eigenvalue weighted by atomic mass is 35.5. The van der Waals surface area contributed by atoms with E-state index in [-0.39, 0.29) is 5.56 Å². The molecule has 1 heterocycles. The summed E-state index contributed by atoms with van der Waals surface area (Å²) in [6, 6.07) is 10.8. The van der Waals surface area contributed by atoms with E-state index in [2.05, 4.69) is 10.9 Å². The van der Waals surface area contributed by atoms with Gasteiger partial charge in [0.1, 0.15) is 18.2 Å². The van der Waals surface area contributed by atoms with Crippen LogP contribution in [0, 0.1) is 5.82 Å². The number of carbonyl (C=O) groups is 2. The molecule has 2 aromatic carbocycles. The Kier molecular flexibility index (Phi) is 5.34. The van der Waals surface area contributed by atoms with E-state index >= 15 is 0 Å². The van der Waals surface area contributed by atoms with Gasteiger partial charge in [0.15, 0.2) is 0 Å². The van der Waals surface area contributed by atoms with E-state index in [1.54, 1.807) is 24.3 Å². The third-order valence-corrected chi connectivity index (χ3v) is 3.81. The second-order valence-electron chi connectivity index (χ2n) is 5.45. The molecule has 2 amide bonds. The Labute approximate surface area is 154 Å². The average Bonchev–Trinajstić information content (AvgIpc) is 2.64. The Hall–Kier alpha value is -3.12. The largest absolute Gasteiger partial charge is 0.488 e. The van der Waals surface area contributed by atoms with Crippen molar-refractivity contribution in [2.45, 2.75) is 0 Å². The molecule has 132 valence electrons. The minimum absolute atomic E-state index is 0.159. The zero-order valence-electron chi connectivity index (χ0n) is 13.5. The van der Waals surface area contributed by atoms with Crippen LogP contribution in [0.1, 0.15) is 15.9 Å². The van der Waals surface area contributed by atoms with Gasteiger partial charge in [-0.05, 0) is 42.0 Å². The summed E-state index contributed by atoms with van der Waals surface area (Å²) in [5.74, 6) is -1.26. The molecule has 2 N–H and O–H groups in total. The molecule has 0 unspecified atom stereocenters. The van der Waals surface area contributed by atoms with Gasteiger partial charge in [-0.15, -0.1) is 0 Å². The van der Waals surface area contributed by atoms with Crippen LogP contribution in [0.5, 0.6) is 5.75 Å². The second-order valence-corrected chi connectivity index (χ2v) is 5.88. The standard InChI is InChI=1S/C19H14ClFN2O3/c20-14-6-7-17-13(10-14)9-12(11-26-17)5-8-18(24)22-23-19(25)15-3-1-2-4-16(15)21/h1-10H,11H2,(H,22,24)(H,23,25)/b8-5+. The first-order valence-electron chi connectivity index (χ1n) is 7.69. The number of benzene rings is 2. The van der Waals surface area contributed by atoms with Crippen molar-refractivity contribution in [1.29, 1.82) is 0 Å². The van der Waals surface area contributed by atoms with Gasteiger partial charge >= 0.3 is 0 Å². The van der Waals surface area contributed by atoms with Crippen LogP contribution in [0.4, 0.5) is 4.39 Å². The SMILES string of the molecule is O=C(/C=C/C1=Cc2cc(Cl)ccc2OC1)NNC(=O)c1ccccc1F. The minimum Gasteiger partial charge on any atom is -0.488 e. The van der Waals surface area contributed by atoms with E-state index in [1.165, 1.54) is 24.3 Å². The summed E-state index contributed by atoms with van der Waals surface area (Å²) in [5.41, 5.74) is 5.76. The first-order valence-corrected chi connectivity index (χ1v) is 8.06. The molecule has 0 fully saturated rings. The predicted octanol–water partition coefficient (Wildman–Crippen LogP) is 3.27. The molecular formula is C19H14ClFN2O3. The summed E-state index contributed by atoms with van der Waals surface area (Å²) in [5, 5.41) is 0.586. The quantitative estimate of drug-likeness (QED) is 0.642. The number of halogens is 2. The monoisotopic (exact) mass is 372 g/mol. The van der Waals surface area contributed by atoms with E-state index in [4.69, 9.17) is 16.3 Å². The molecule has 2 aromatic rings. The number of hydrogen-bond donors (Lipinski definition) is 2. The smallest absolute Gasteiger partial charge is 0.272 e. The maximum atomic E-state index is 13.5. The number of rotatable bonds is 3. The molecule has 1 aliphatic rings. The highest BCUT2D eigenvalue weighted by Gasteiger charge is 2.12. The molecule has 3 rings (SSSR count).